The molecular formula is C15H10N4S. The van der Waals surface area contributed by atoms with Crippen LogP contribution < -0.4 is 0 Å². The molecule has 1 N–H and O–H groups in total. The molecule has 0 atom stereocenters. The van der Waals surface area contributed by atoms with Crippen LogP contribution in [-0.2, 0) is 0 Å². The number of nitrogens with zero attached hydrogens (tertiary/aromatic N) is 3. The van der Waals surface area contributed by atoms with Gasteiger partial charge in [0.25, 0.3) is 0 Å². The van der Waals surface area contributed by atoms with E-state index in [4.69, 9.17) is 0 Å². The topological polar surface area (TPSA) is 54.5 Å². The molecule has 0 unspecified atom stereocenters. The van der Waals surface area contributed by atoms with Crippen molar-refractivity contribution in [2.45, 2.75) is 0 Å². The van der Waals surface area contributed by atoms with Crippen LogP contribution >= 0.6 is 11.3 Å². The fourth-order valence-corrected chi connectivity index (χ4v) is 2.93. The first-order chi connectivity index (χ1) is 9.90. The predicted molar refractivity (Wildman–Crippen MR) is 80.4 cm³/mol. The summed E-state index contributed by atoms with van der Waals surface area (Å²) in [6.07, 6.45) is 1.72. The number of H-pyrrole nitrogens is 1. The number of rotatable bonds is 2. The summed E-state index contributed by atoms with van der Waals surface area (Å²) in [6.45, 7) is 0. The Labute approximate surface area is 119 Å². The second-order valence-corrected chi connectivity index (χ2v) is 5.35. The van der Waals surface area contributed by atoms with Crippen LogP contribution in [0.25, 0.3) is 32.6 Å². The Morgan fingerprint density at radius 3 is 2.50 bits per heavy atom. The third-order valence-corrected chi connectivity index (χ3v) is 4.05. The van der Waals surface area contributed by atoms with Gasteiger partial charge in [-0.3, -0.25) is 0 Å². The fourth-order valence-electron chi connectivity index (χ4n) is 2.21. The van der Waals surface area contributed by atoms with Crippen molar-refractivity contribution in [3.63, 3.8) is 0 Å². The molecule has 96 valence electrons. The fraction of sp³-hybridized carbons (Fsp3) is 0. The first-order valence-corrected chi connectivity index (χ1v) is 7.08. The summed E-state index contributed by atoms with van der Waals surface area (Å²) < 4.78 is 1.21. The van der Waals surface area contributed by atoms with Crippen LogP contribution in [0.4, 0.5) is 0 Å². The maximum atomic E-state index is 4.30. The molecule has 0 amide bonds. The molecule has 4 aromatic rings. The number of hydrogen-bond donors (Lipinski definition) is 1. The monoisotopic (exact) mass is 278 g/mol. The lowest BCUT2D eigenvalue weighted by molar-refractivity contribution is 0.942. The van der Waals surface area contributed by atoms with Crippen LogP contribution in [0.15, 0.2) is 54.2 Å². The third-order valence-electron chi connectivity index (χ3n) is 3.26. The smallest absolute Gasteiger partial charge is 0.112 e. The molecule has 2 aromatic carbocycles. The minimum absolute atomic E-state index is 0.856. The Morgan fingerprint density at radius 2 is 1.70 bits per heavy atom. The Balaban J connectivity index is 1.74. The number of aromatic amines is 1. The minimum atomic E-state index is 0.856. The quantitative estimate of drug-likeness (QED) is 0.607. The van der Waals surface area contributed by atoms with E-state index in [-0.39, 0.29) is 0 Å². The Bertz CT molecular complexity index is 847. The van der Waals surface area contributed by atoms with Crippen LogP contribution in [0.2, 0.25) is 0 Å². The molecule has 20 heavy (non-hydrogen) atoms. The molecule has 0 spiro atoms. The molecule has 0 radical (unpaired) electrons. The van der Waals surface area contributed by atoms with Gasteiger partial charge < -0.3 is 0 Å². The highest BCUT2D eigenvalue weighted by atomic mass is 32.1. The molecule has 4 nitrogen and oxygen atoms in total. The number of aromatic nitrogens is 4. The van der Waals surface area contributed by atoms with Gasteiger partial charge in [-0.25, -0.2) is 4.98 Å². The molecule has 5 heteroatoms. The highest BCUT2D eigenvalue weighted by Crippen LogP contribution is 2.27. The predicted octanol–water partition coefficient (Wildman–Crippen LogP) is 3.75. The van der Waals surface area contributed by atoms with E-state index in [0.717, 1.165) is 16.8 Å². The van der Waals surface area contributed by atoms with Gasteiger partial charge in [-0.15, -0.1) is 11.3 Å². The van der Waals surface area contributed by atoms with Crippen molar-refractivity contribution >= 4 is 21.6 Å². The zero-order chi connectivity index (χ0) is 13.4. The summed E-state index contributed by atoms with van der Waals surface area (Å²) in [6, 6.07) is 14.7. The van der Waals surface area contributed by atoms with Gasteiger partial charge in [0.2, 0.25) is 0 Å². The molecule has 0 fully saturated rings. The van der Waals surface area contributed by atoms with Crippen molar-refractivity contribution in [3.8, 4) is 22.4 Å². The molecule has 2 aromatic heterocycles. The Morgan fingerprint density at radius 1 is 0.900 bits per heavy atom. The summed E-state index contributed by atoms with van der Waals surface area (Å²) in [5, 5.41) is 10.5. The van der Waals surface area contributed by atoms with Crippen molar-refractivity contribution in [2.75, 3.05) is 0 Å². The first-order valence-electron chi connectivity index (χ1n) is 6.20. The van der Waals surface area contributed by atoms with Gasteiger partial charge >= 0.3 is 0 Å². The maximum Gasteiger partial charge on any atom is 0.112 e. The molecular weight excluding hydrogens is 268 g/mol. The van der Waals surface area contributed by atoms with E-state index in [2.05, 4.69) is 62.9 Å². The second kappa shape index (κ2) is 4.54. The van der Waals surface area contributed by atoms with Crippen molar-refractivity contribution in [1.82, 2.24) is 20.4 Å². The summed E-state index contributed by atoms with van der Waals surface area (Å²) in [7, 11) is 0. The van der Waals surface area contributed by atoms with Gasteiger partial charge in [0, 0.05) is 5.56 Å². The lowest BCUT2D eigenvalue weighted by Gasteiger charge is -2.03. The van der Waals surface area contributed by atoms with Gasteiger partial charge in [-0.2, -0.15) is 15.4 Å². The molecule has 2 heterocycles. The van der Waals surface area contributed by atoms with Gasteiger partial charge in [-0.05, 0) is 23.3 Å². The average molecular weight is 278 g/mol. The molecule has 0 aliphatic heterocycles. The molecule has 0 aliphatic carbocycles. The second-order valence-electron chi connectivity index (χ2n) is 4.47. The van der Waals surface area contributed by atoms with E-state index < -0.39 is 0 Å². The van der Waals surface area contributed by atoms with Crippen LogP contribution in [0.3, 0.4) is 0 Å². The number of benzene rings is 2. The van der Waals surface area contributed by atoms with E-state index in [1.807, 2.05) is 5.51 Å². The van der Waals surface area contributed by atoms with Gasteiger partial charge in [0.1, 0.15) is 5.69 Å². The van der Waals surface area contributed by atoms with Crippen LogP contribution in [-0.4, -0.2) is 20.4 Å². The summed E-state index contributed by atoms with van der Waals surface area (Å²) in [5.41, 5.74) is 7.23. The van der Waals surface area contributed by atoms with Crippen LogP contribution in [0.5, 0.6) is 0 Å². The van der Waals surface area contributed by atoms with Gasteiger partial charge in [0.05, 0.1) is 21.9 Å². The number of fused-ring (bicyclic) bond motifs is 1. The van der Waals surface area contributed by atoms with E-state index >= 15 is 0 Å². The van der Waals surface area contributed by atoms with Crippen molar-refractivity contribution in [3.05, 3.63) is 54.2 Å². The molecule has 4 rings (SSSR count). The largest absolute Gasteiger partial charge is 0.245 e. The summed E-state index contributed by atoms with van der Waals surface area (Å²) in [5.74, 6) is 0. The van der Waals surface area contributed by atoms with E-state index in [0.29, 0.717) is 0 Å². The average Bonchev–Trinajstić information content (AvgIpc) is 3.18. The minimum Gasteiger partial charge on any atom is -0.245 e. The summed E-state index contributed by atoms with van der Waals surface area (Å²) in [4.78, 5) is 4.30. The van der Waals surface area contributed by atoms with E-state index in [1.165, 1.54) is 15.8 Å². The first kappa shape index (κ1) is 11.3. The lowest BCUT2D eigenvalue weighted by Crippen LogP contribution is -1.81. The van der Waals surface area contributed by atoms with Gasteiger partial charge in [0.15, 0.2) is 0 Å². The zero-order valence-corrected chi connectivity index (χ0v) is 11.3. The standard InChI is InChI=1S/C15H10N4S/c1-3-11(14-8-17-19-18-14)4-2-10(1)12-5-6-13-15(7-12)20-9-16-13/h1-9H,(H,17,18,19). The highest BCUT2D eigenvalue weighted by Gasteiger charge is 2.04. The van der Waals surface area contributed by atoms with Crippen LogP contribution in [0, 0.1) is 0 Å². The van der Waals surface area contributed by atoms with E-state index in [9.17, 15) is 0 Å². The highest BCUT2D eigenvalue weighted by molar-refractivity contribution is 7.16. The van der Waals surface area contributed by atoms with Crippen LogP contribution in [0.1, 0.15) is 0 Å². The zero-order valence-electron chi connectivity index (χ0n) is 10.4. The molecule has 0 saturated heterocycles. The van der Waals surface area contributed by atoms with Gasteiger partial charge in [-0.1, -0.05) is 30.3 Å². The molecule has 0 aliphatic rings. The molecule has 0 bridgehead atoms. The summed E-state index contributed by atoms with van der Waals surface area (Å²) >= 11 is 1.66. The number of thiazole rings is 1. The SMILES string of the molecule is c1nc2ccc(-c3ccc(-c4cn[nH]n4)cc3)cc2s1. The van der Waals surface area contributed by atoms with Crippen molar-refractivity contribution < 1.29 is 0 Å². The Kier molecular flexibility index (Phi) is 2.57. The van der Waals surface area contributed by atoms with E-state index in [1.54, 1.807) is 17.5 Å². The normalized spacial score (nSPS) is 11.0. The third kappa shape index (κ3) is 1.88. The Hall–Kier alpha value is -2.53. The number of hydrogen-bond acceptors (Lipinski definition) is 4. The van der Waals surface area contributed by atoms with Crippen molar-refractivity contribution in [1.29, 1.82) is 0 Å². The maximum absolute atomic E-state index is 4.30. The lowest BCUT2D eigenvalue weighted by atomic mass is 10.0. The van der Waals surface area contributed by atoms with Crippen molar-refractivity contribution in [2.24, 2.45) is 0 Å². The molecule has 0 saturated carbocycles. The number of nitrogens with one attached hydrogen (secondary N) is 1.